The first-order chi connectivity index (χ1) is 12.0. The highest BCUT2D eigenvalue weighted by atomic mass is 79.9. The van der Waals surface area contributed by atoms with Gasteiger partial charge in [0.05, 0.1) is 25.3 Å². The third kappa shape index (κ3) is 4.54. The lowest BCUT2D eigenvalue weighted by molar-refractivity contribution is 0.104. The van der Waals surface area contributed by atoms with Crippen molar-refractivity contribution < 1.29 is 24.1 Å². The number of phenols is 1. The highest BCUT2D eigenvalue weighted by Crippen LogP contribution is 2.36. The van der Waals surface area contributed by atoms with Crippen molar-refractivity contribution in [2.24, 2.45) is 0 Å². The first-order valence-electron chi connectivity index (χ1n) is 7.59. The lowest BCUT2D eigenvalue weighted by atomic mass is 10.1. The van der Waals surface area contributed by atoms with E-state index in [-0.39, 0.29) is 11.5 Å². The summed E-state index contributed by atoms with van der Waals surface area (Å²) in [5.41, 5.74) is 1.21. The number of carbonyl (C=O) groups excluding carboxylic acids is 1. The van der Waals surface area contributed by atoms with E-state index >= 15 is 0 Å². The fourth-order valence-corrected chi connectivity index (χ4v) is 2.67. The van der Waals surface area contributed by atoms with Gasteiger partial charge >= 0.3 is 0 Å². The van der Waals surface area contributed by atoms with Gasteiger partial charge in [-0.3, -0.25) is 4.79 Å². The summed E-state index contributed by atoms with van der Waals surface area (Å²) in [6.07, 6.45) is 3.11. The second-order valence-electron chi connectivity index (χ2n) is 5.05. The quantitative estimate of drug-likeness (QED) is 0.542. The van der Waals surface area contributed by atoms with E-state index in [1.54, 1.807) is 36.4 Å². The van der Waals surface area contributed by atoms with Gasteiger partial charge in [-0.1, -0.05) is 6.08 Å². The van der Waals surface area contributed by atoms with E-state index < -0.39 is 0 Å². The Bertz CT molecular complexity index is 799. The molecule has 0 atom stereocenters. The molecule has 0 saturated carbocycles. The van der Waals surface area contributed by atoms with E-state index in [0.717, 1.165) is 5.56 Å². The predicted molar refractivity (Wildman–Crippen MR) is 99.9 cm³/mol. The first kappa shape index (κ1) is 18.9. The number of hydrogen-bond donors (Lipinski definition) is 1. The van der Waals surface area contributed by atoms with Crippen molar-refractivity contribution in [3.8, 4) is 23.0 Å². The number of ketones is 1. The largest absolute Gasteiger partial charge is 0.503 e. The third-order valence-electron chi connectivity index (χ3n) is 3.45. The molecule has 2 aromatic rings. The number of phenolic OH excluding ortho intramolecular Hbond substituents is 1. The summed E-state index contributed by atoms with van der Waals surface area (Å²) in [4.78, 5) is 12.4. The fourth-order valence-electron chi connectivity index (χ4n) is 2.21. The van der Waals surface area contributed by atoms with Crippen molar-refractivity contribution in [1.29, 1.82) is 0 Å². The highest BCUT2D eigenvalue weighted by molar-refractivity contribution is 9.10. The van der Waals surface area contributed by atoms with Gasteiger partial charge in [-0.05, 0) is 64.8 Å². The van der Waals surface area contributed by atoms with Gasteiger partial charge in [-0.25, -0.2) is 0 Å². The third-order valence-corrected chi connectivity index (χ3v) is 4.05. The van der Waals surface area contributed by atoms with Crippen molar-refractivity contribution in [2.75, 3.05) is 20.8 Å². The molecule has 25 heavy (non-hydrogen) atoms. The van der Waals surface area contributed by atoms with Gasteiger partial charge in [0, 0.05) is 5.56 Å². The molecular formula is C19H19BrO5. The monoisotopic (exact) mass is 406 g/mol. The van der Waals surface area contributed by atoms with Crippen LogP contribution >= 0.6 is 15.9 Å². The summed E-state index contributed by atoms with van der Waals surface area (Å²) in [5.74, 6) is 1.27. The minimum absolute atomic E-state index is 0.0326. The number of rotatable bonds is 7. The first-order valence-corrected chi connectivity index (χ1v) is 8.39. The van der Waals surface area contributed by atoms with Crippen LogP contribution in [0, 0.1) is 0 Å². The Kier molecular flexibility index (Phi) is 6.47. The second-order valence-corrected chi connectivity index (χ2v) is 5.90. The van der Waals surface area contributed by atoms with Crippen LogP contribution in [0.2, 0.25) is 0 Å². The van der Waals surface area contributed by atoms with Crippen LogP contribution in [0.15, 0.2) is 40.9 Å². The van der Waals surface area contributed by atoms with Crippen LogP contribution in [0.5, 0.6) is 23.0 Å². The normalized spacial score (nSPS) is 10.7. The molecule has 2 aromatic carbocycles. The average molecular weight is 407 g/mol. The molecule has 0 bridgehead atoms. The van der Waals surface area contributed by atoms with Gasteiger partial charge < -0.3 is 19.3 Å². The molecule has 0 fully saturated rings. The molecule has 0 aliphatic heterocycles. The Morgan fingerprint density at radius 3 is 2.48 bits per heavy atom. The van der Waals surface area contributed by atoms with E-state index in [9.17, 15) is 9.90 Å². The minimum atomic E-state index is -0.178. The molecule has 6 heteroatoms. The zero-order valence-electron chi connectivity index (χ0n) is 14.2. The summed E-state index contributed by atoms with van der Waals surface area (Å²) < 4.78 is 16.2. The molecule has 5 nitrogen and oxygen atoms in total. The van der Waals surface area contributed by atoms with E-state index in [1.165, 1.54) is 20.3 Å². The molecule has 2 rings (SSSR count). The number of benzene rings is 2. The number of halogens is 1. The second kappa shape index (κ2) is 8.58. The Morgan fingerprint density at radius 2 is 1.84 bits per heavy atom. The smallest absolute Gasteiger partial charge is 0.185 e. The number of allylic oxidation sites excluding steroid dienone is 1. The van der Waals surface area contributed by atoms with Crippen LogP contribution < -0.4 is 14.2 Å². The average Bonchev–Trinajstić information content (AvgIpc) is 2.63. The molecular weight excluding hydrogens is 388 g/mol. The summed E-state index contributed by atoms with van der Waals surface area (Å²) in [6, 6.07) is 8.36. The van der Waals surface area contributed by atoms with Gasteiger partial charge in [0.2, 0.25) is 0 Å². The molecule has 0 aliphatic carbocycles. The zero-order chi connectivity index (χ0) is 18.4. The Labute approximate surface area is 155 Å². The topological polar surface area (TPSA) is 65.0 Å². The predicted octanol–water partition coefficient (Wildman–Crippen LogP) is 4.47. The van der Waals surface area contributed by atoms with E-state index in [2.05, 4.69) is 15.9 Å². The van der Waals surface area contributed by atoms with E-state index in [4.69, 9.17) is 14.2 Å². The van der Waals surface area contributed by atoms with Crippen molar-refractivity contribution in [3.05, 3.63) is 52.0 Å². The van der Waals surface area contributed by atoms with Gasteiger partial charge in [-0.15, -0.1) is 0 Å². The minimum Gasteiger partial charge on any atom is -0.503 e. The Hall–Kier alpha value is -2.47. The van der Waals surface area contributed by atoms with Crippen molar-refractivity contribution in [3.63, 3.8) is 0 Å². The van der Waals surface area contributed by atoms with Crippen molar-refractivity contribution >= 4 is 27.8 Å². The van der Waals surface area contributed by atoms with Crippen LogP contribution in [0.25, 0.3) is 6.08 Å². The lowest BCUT2D eigenvalue weighted by Crippen LogP contribution is -1.97. The number of ether oxygens (including phenoxy) is 3. The summed E-state index contributed by atoms with van der Waals surface area (Å²) in [7, 11) is 3.06. The number of carbonyl (C=O) groups is 1. The van der Waals surface area contributed by atoms with Gasteiger partial charge in [-0.2, -0.15) is 0 Å². The molecule has 0 spiro atoms. The van der Waals surface area contributed by atoms with Gasteiger partial charge in [0.1, 0.15) is 0 Å². The fraction of sp³-hybridized carbons (Fsp3) is 0.211. The maximum Gasteiger partial charge on any atom is 0.185 e. The maximum absolute atomic E-state index is 12.4. The molecule has 0 heterocycles. The molecule has 0 aliphatic rings. The molecule has 0 saturated heterocycles. The van der Waals surface area contributed by atoms with Crippen LogP contribution in [0.1, 0.15) is 22.8 Å². The van der Waals surface area contributed by atoms with E-state index in [0.29, 0.717) is 33.9 Å². The SMILES string of the molecule is CCOc1cc(/C=C/C(=O)c2ccc(OC)c(OC)c2)cc(Br)c1O. The Balaban J connectivity index is 2.26. The molecule has 0 amide bonds. The molecule has 1 N–H and O–H groups in total. The molecule has 132 valence electrons. The molecule has 0 aromatic heterocycles. The lowest BCUT2D eigenvalue weighted by Gasteiger charge is -2.09. The van der Waals surface area contributed by atoms with Crippen molar-refractivity contribution in [1.82, 2.24) is 0 Å². The summed E-state index contributed by atoms with van der Waals surface area (Å²) >= 11 is 3.27. The summed E-state index contributed by atoms with van der Waals surface area (Å²) in [5, 5.41) is 9.93. The van der Waals surface area contributed by atoms with Crippen LogP contribution in [0.3, 0.4) is 0 Å². The van der Waals surface area contributed by atoms with Crippen LogP contribution in [0.4, 0.5) is 0 Å². The zero-order valence-corrected chi connectivity index (χ0v) is 15.8. The maximum atomic E-state index is 12.4. The summed E-state index contributed by atoms with van der Waals surface area (Å²) in [6.45, 7) is 2.26. The van der Waals surface area contributed by atoms with Gasteiger partial charge in [0.15, 0.2) is 28.8 Å². The van der Waals surface area contributed by atoms with Crippen molar-refractivity contribution in [2.45, 2.75) is 6.92 Å². The number of methoxy groups -OCH3 is 2. The van der Waals surface area contributed by atoms with Crippen LogP contribution in [-0.2, 0) is 0 Å². The Morgan fingerprint density at radius 1 is 1.12 bits per heavy atom. The molecule has 0 unspecified atom stereocenters. The van der Waals surface area contributed by atoms with E-state index in [1.807, 2.05) is 6.92 Å². The van der Waals surface area contributed by atoms with Gasteiger partial charge in [0.25, 0.3) is 0 Å². The van der Waals surface area contributed by atoms with Crippen LogP contribution in [-0.4, -0.2) is 31.7 Å². The number of hydrogen-bond acceptors (Lipinski definition) is 5. The molecule has 0 radical (unpaired) electrons. The standard InChI is InChI=1S/C19H19BrO5/c1-4-25-18-10-12(9-14(20)19(18)22)5-7-15(21)13-6-8-16(23-2)17(11-13)24-3/h5-11,22H,4H2,1-3H3/b7-5+. The number of aromatic hydroxyl groups is 1. The highest BCUT2D eigenvalue weighted by Gasteiger charge is 2.10.